The fourth-order valence-electron chi connectivity index (χ4n) is 1.76. The molecule has 98 valence electrons. The summed E-state index contributed by atoms with van der Waals surface area (Å²) < 4.78 is 0. The minimum Gasteiger partial charge on any atom is -0.316 e. The van der Waals surface area contributed by atoms with Crippen LogP contribution in [0, 0.1) is 5.92 Å². The Morgan fingerprint density at radius 2 is 1.53 bits per heavy atom. The molecule has 0 unspecified atom stereocenters. The molecule has 4 nitrogen and oxygen atoms in total. The van der Waals surface area contributed by atoms with Crippen molar-refractivity contribution in [2.45, 2.75) is 13.8 Å². The zero-order valence-electron chi connectivity index (χ0n) is 10.9. The third kappa shape index (κ3) is 3.31. The van der Waals surface area contributed by atoms with Gasteiger partial charge in [-0.2, -0.15) is 0 Å². The summed E-state index contributed by atoms with van der Waals surface area (Å²) in [5, 5.41) is 0.572. The molecule has 0 saturated heterocycles. The zero-order valence-corrected chi connectivity index (χ0v) is 10.9. The summed E-state index contributed by atoms with van der Waals surface area (Å²) in [6, 6.07) is 9.38. The van der Waals surface area contributed by atoms with Crippen LogP contribution in [-0.2, 0) is 0 Å². The topological polar surface area (TPSA) is 65.7 Å². The highest BCUT2D eigenvalue weighted by molar-refractivity contribution is 5.47. The molecule has 0 spiro atoms. The molecular weight excluding hydrogens is 240 g/mol. The largest absolute Gasteiger partial charge is 0.316 e. The summed E-state index contributed by atoms with van der Waals surface area (Å²) in [6.45, 7) is 3.89. The van der Waals surface area contributed by atoms with Crippen molar-refractivity contribution in [3.8, 4) is 0 Å². The van der Waals surface area contributed by atoms with Gasteiger partial charge >= 0.3 is 0 Å². The van der Waals surface area contributed by atoms with E-state index in [-0.39, 0.29) is 22.4 Å². The van der Waals surface area contributed by atoms with Gasteiger partial charge in [0.1, 0.15) is 10.7 Å². The molecule has 1 aromatic carbocycles. The number of aromatic nitrogens is 2. The SMILES string of the molecule is CC(C)/C=c1/[nH]c(=O)/c(=C\c2ccccc2)[nH]c1=O. The third-order valence-corrected chi connectivity index (χ3v) is 2.60. The quantitative estimate of drug-likeness (QED) is 0.813. The zero-order chi connectivity index (χ0) is 13.8. The monoisotopic (exact) mass is 256 g/mol. The Balaban J connectivity index is 2.64. The van der Waals surface area contributed by atoms with Crippen molar-refractivity contribution in [2.75, 3.05) is 0 Å². The van der Waals surface area contributed by atoms with Gasteiger partial charge in [-0.15, -0.1) is 0 Å². The van der Waals surface area contributed by atoms with Crippen LogP contribution in [0.15, 0.2) is 39.9 Å². The van der Waals surface area contributed by atoms with Crippen LogP contribution in [0.25, 0.3) is 12.2 Å². The normalized spacial score (nSPS) is 13.2. The highest BCUT2D eigenvalue weighted by Gasteiger charge is 1.96. The van der Waals surface area contributed by atoms with E-state index in [1.165, 1.54) is 0 Å². The summed E-state index contributed by atoms with van der Waals surface area (Å²) in [6.07, 6.45) is 3.38. The van der Waals surface area contributed by atoms with Crippen molar-refractivity contribution in [3.63, 3.8) is 0 Å². The summed E-state index contributed by atoms with van der Waals surface area (Å²) in [5.74, 6) is 0.195. The Morgan fingerprint density at radius 1 is 0.947 bits per heavy atom. The number of hydrogen-bond acceptors (Lipinski definition) is 2. The molecule has 0 atom stereocenters. The predicted molar refractivity (Wildman–Crippen MR) is 76.2 cm³/mol. The van der Waals surface area contributed by atoms with Gasteiger partial charge in [0.05, 0.1) is 0 Å². The van der Waals surface area contributed by atoms with Crippen LogP contribution in [0.2, 0.25) is 0 Å². The number of hydrogen-bond donors (Lipinski definition) is 2. The predicted octanol–water partition coefficient (Wildman–Crippen LogP) is 0.328. The Bertz CT molecular complexity index is 783. The van der Waals surface area contributed by atoms with Crippen LogP contribution in [-0.4, -0.2) is 9.97 Å². The molecule has 0 aliphatic heterocycles. The Kier molecular flexibility index (Phi) is 3.80. The number of rotatable bonds is 2. The molecule has 2 aromatic rings. The van der Waals surface area contributed by atoms with E-state index in [9.17, 15) is 9.59 Å². The minimum atomic E-state index is -0.296. The highest BCUT2D eigenvalue weighted by atomic mass is 16.1. The van der Waals surface area contributed by atoms with Gasteiger partial charge in [-0.25, -0.2) is 0 Å². The van der Waals surface area contributed by atoms with Crippen molar-refractivity contribution >= 4 is 12.2 Å². The van der Waals surface area contributed by atoms with Crippen LogP contribution in [0.4, 0.5) is 0 Å². The molecule has 0 bridgehead atoms. The second kappa shape index (κ2) is 5.52. The summed E-state index contributed by atoms with van der Waals surface area (Å²) in [7, 11) is 0. The third-order valence-electron chi connectivity index (χ3n) is 2.60. The highest BCUT2D eigenvalue weighted by Crippen LogP contribution is 1.97. The summed E-state index contributed by atoms with van der Waals surface area (Å²) in [5.41, 5.74) is 0.287. The average molecular weight is 256 g/mol. The van der Waals surface area contributed by atoms with E-state index in [4.69, 9.17) is 0 Å². The fraction of sp³-hybridized carbons (Fsp3) is 0.200. The number of aromatic amines is 2. The Labute approximate surface area is 110 Å². The lowest BCUT2D eigenvalue weighted by molar-refractivity contribution is 0.866. The van der Waals surface area contributed by atoms with E-state index in [1.807, 2.05) is 44.2 Å². The molecule has 0 fully saturated rings. The smallest absolute Gasteiger partial charge is 0.272 e. The van der Waals surface area contributed by atoms with Gasteiger partial charge in [-0.05, 0) is 17.6 Å². The van der Waals surface area contributed by atoms with Crippen molar-refractivity contribution in [1.29, 1.82) is 0 Å². The lowest BCUT2D eigenvalue weighted by atomic mass is 10.2. The molecule has 2 N–H and O–H groups in total. The fourth-order valence-corrected chi connectivity index (χ4v) is 1.76. The molecule has 1 aromatic heterocycles. The van der Waals surface area contributed by atoms with Gasteiger partial charge < -0.3 is 9.97 Å². The van der Waals surface area contributed by atoms with E-state index in [2.05, 4.69) is 9.97 Å². The standard InChI is InChI=1S/C15H16N2O2/c1-10(2)8-12-14(18)17-13(15(19)16-12)9-11-6-4-3-5-7-11/h3-10H,1-2H3,(H,16,19)(H,17,18)/b12-8+,13-9+. The molecule has 0 radical (unpaired) electrons. The first kappa shape index (κ1) is 13.1. The maximum Gasteiger partial charge on any atom is 0.272 e. The summed E-state index contributed by atoms with van der Waals surface area (Å²) in [4.78, 5) is 29.0. The van der Waals surface area contributed by atoms with Crippen LogP contribution in [0.3, 0.4) is 0 Å². The first-order valence-corrected chi connectivity index (χ1v) is 6.17. The first-order chi connectivity index (χ1) is 9.06. The van der Waals surface area contributed by atoms with Gasteiger partial charge in [0.2, 0.25) is 0 Å². The number of nitrogens with one attached hydrogen (secondary N) is 2. The number of benzene rings is 1. The van der Waals surface area contributed by atoms with Crippen LogP contribution in [0.5, 0.6) is 0 Å². The molecule has 2 rings (SSSR count). The molecule has 1 heterocycles. The molecule has 0 aliphatic carbocycles. The van der Waals surface area contributed by atoms with E-state index < -0.39 is 0 Å². The summed E-state index contributed by atoms with van der Waals surface area (Å²) >= 11 is 0. The van der Waals surface area contributed by atoms with Crippen molar-refractivity contribution in [1.82, 2.24) is 9.97 Å². The maximum absolute atomic E-state index is 11.9. The Hall–Kier alpha value is -2.36. The van der Waals surface area contributed by atoms with Crippen LogP contribution < -0.4 is 21.8 Å². The van der Waals surface area contributed by atoms with E-state index in [0.717, 1.165) is 5.56 Å². The molecular formula is C15H16N2O2. The molecule has 0 aliphatic rings. The lowest BCUT2D eigenvalue weighted by Gasteiger charge is -1.94. The van der Waals surface area contributed by atoms with Gasteiger partial charge in [-0.1, -0.05) is 50.3 Å². The molecule has 19 heavy (non-hydrogen) atoms. The minimum absolute atomic E-state index is 0.195. The average Bonchev–Trinajstić information content (AvgIpc) is 2.36. The van der Waals surface area contributed by atoms with Crippen LogP contribution in [0.1, 0.15) is 19.4 Å². The maximum atomic E-state index is 11.9. The van der Waals surface area contributed by atoms with E-state index in [0.29, 0.717) is 5.35 Å². The van der Waals surface area contributed by atoms with Crippen molar-refractivity contribution < 1.29 is 0 Å². The molecule has 4 heteroatoms. The molecule has 0 saturated carbocycles. The van der Waals surface area contributed by atoms with E-state index in [1.54, 1.807) is 12.2 Å². The number of H-pyrrole nitrogens is 2. The second-order valence-electron chi connectivity index (χ2n) is 4.70. The van der Waals surface area contributed by atoms with E-state index >= 15 is 0 Å². The lowest BCUT2D eigenvalue weighted by Crippen LogP contribution is -2.47. The van der Waals surface area contributed by atoms with Crippen molar-refractivity contribution in [3.05, 3.63) is 67.3 Å². The van der Waals surface area contributed by atoms with Gasteiger partial charge in [-0.3, -0.25) is 9.59 Å². The van der Waals surface area contributed by atoms with Gasteiger partial charge in [0, 0.05) is 0 Å². The van der Waals surface area contributed by atoms with Crippen LogP contribution >= 0.6 is 0 Å². The van der Waals surface area contributed by atoms with Crippen molar-refractivity contribution in [2.24, 2.45) is 5.92 Å². The van der Waals surface area contributed by atoms with Gasteiger partial charge in [0.25, 0.3) is 11.1 Å². The first-order valence-electron chi connectivity index (χ1n) is 6.17. The van der Waals surface area contributed by atoms with Gasteiger partial charge in [0.15, 0.2) is 0 Å². The second-order valence-corrected chi connectivity index (χ2v) is 4.70. The molecule has 0 amide bonds. The Morgan fingerprint density at radius 3 is 2.16 bits per heavy atom.